The molecule has 2 N–H and O–H groups in total. The van der Waals surface area contributed by atoms with Gasteiger partial charge in [-0.15, -0.1) is 0 Å². The monoisotopic (exact) mass is 227 g/mol. The van der Waals surface area contributed by atoms with Crippen molar-refractivity contribution in [2.45, 2.75) is 27.3 Å². The lowest BCUT2D eigenvalue weighted by Gasteiger charge is -2.05. The number of hydrogen-bond acceptors (Lipinski definition) is 2. The van der Waals surface area contributed by atoms with Crippen LogP contribution in [-0.2, 0) is 0 Å². The highest BCUT2D eigenvalue weighted by Gasteiger charge is 2.13. The van der Waals surface area contributed by atoms with E-state index in [2.05, 4.69) is 4.98 Å². The first-order valence-corrected chi connectivity index (χ1v) is 5.11. The van der Waals surface area contributed by atoms with Crippen molar-refractivity contribution in [2.24, 2.45) is 0 Å². The Balaban J connectivity index is 0.000000606. The Morgan fingerprint density at radius 3 is 2.50 bits per heavy atom. The summed E-state index contributed by atoms with van der Waals surface area (Å²) in [7, 11) is 0. The minimum Gasteiger partial charge on any atom is -0.384 e. The number of alkyl halides is 2. The third-order valence-corrected chi connectivity index (χ3v) is 2.13. The van der Waals surface area contributed by atoms with E-state index in [1.807, 2.05) is 13.8 Å². The Kier molecular flexibility index (Phi) is 3.82. The predicted molar refractivity (Wildman–Crippen MR) is 61.5 cm³/mol. The number of nitrogens with two attached hydrogens (primary N) is 1. The summed E-state index contributed by atoms with van der Waals surface area (Å²) in [5, 5.41) is 0.678. The average molecular weight is 227 g/mol. The van der Waals surface area contributed by atoms with E-state index in [0.717, 1.165) is 4.57 Å². The minimum absolute atomic E-state index is 0.248. The van der Waals surface area contributed by atoms with Gasteiger partial charge in [-0.3, -0.25) is 4.57 Å². The standard InChI is InChI=1S/C9H9F2N3.C2H6/c1-5-2-6-4-13-8(12)3-7(6)14(5)9(10)11;1-2/h2-4,9H,1H3,(H2,12,13);1-2H3. The van der Waals surface area contributed by atoms with Gasteiger partial charge in [0.1, 0.15) is 5.82 Å². The van der Waals surface area contributed by atoms with E-state index in [9.17, 15) is 8.78 Å². The number of halogens is 2. The van der Waals surface area contributed by atoms with Gasteiger partial charge in [-0.05, 0) is 13.0 Å². The highest BCUT2D eigenvalue weighted by molar-refractivity contribution is 5.82. The lowest BCUT2D eigenvalue weighted by molar-refractivity contribution is 0.0733. The molecule has 5 heteroatoms. The molecule has 0 aromatic carbocycles. The molecule has 0 aliphatic carbocycles. The third-order valence-electron chi connectivity index (χ3n) is 2.13. The Labute approximate surface area is 92.9 Å². The minimum atomic E-state index is -2.55. The molecule has 0 saturated carbocycles. The number of hydrogen-bond donors (Lipinski definition) is 1. The summed E-state index contributed by atoms with van der Waals surface area (Å²) >= 11 is 0. The molecule has 0 unspecified atom stereocenters. The number of nitrogen functional groups attached to an aromatic ring is 1. The fourth-order valence-corrected chi connectivity index (χ4v) is 1.53. The zero-order chi connectivity index (χ0) is 12.3. The zero-order valence-electron chi connectivity index (χ0n) is 9.54. The molecule has 16 heavy (non-hydrogen) atoms. The van der Waals surface area contributed by atoms with Crippen molar-refractivity contribution in [1.82, 2.24) is 9.55 Å². The smallest absolute Gasteiger partial charge is 0.319 e. The summed E-state index contributed by atoms with van der Waals surface area (Å²) in [5.41, 5.74) is 6.36. The second kappa shape index (κ2) is 4.92. The first-order chi connectivity index (χ1) is 7.59. The molecule has 0 saturated heterocycles. The Morgan fingerprint density at radius 1 is 1.31 bits per heavy atom. The lowest BCUT2D eigenvalue weighted by Crippen LogP contribution is -2.00. The highest BCUT2D eigenvalue weighted by Crippen LogP contribution is 2.25. The van der Waals surface area contributed by atoms with Gasteiger partial charge in [-0.25, -0.2) is 4.98 Å². The van der Waals surface area contributed by atoms with Crippen molar-refractivity contribution in [3.05, 3.63) is 24.0 Å². The van der Waals surface area contributed by atoms with Gasteiger partial charge in [-0.1, -0.05) is 13.8 Å². The molecule has 3 nitrogen and oxygen atoms in total. The number of anilines is 1. The third kappa shape index (κ3) is 2.13. The second-order valence-electron chi connectivity index (χ2n) is 3.10. The molecule has 2 aromatic heterocycles. The Bertz CT molecular complexity index is 477. The van der Waals surface area contributed by atoms with Gasteiger partial charge in [0.2, 0.25) is 0 Å². The van der Waals surface area contributed by atoms with Gasteiger partial charge in [0, 0.05) is 23.3 Å². The molecule has 0 radical (unpaired) electrons. The average Bonchev–Trinajstić information content (AvgIpc) is 2.56. The molecule has 2 aromatic rings. The summed E-state index contributed by atoms with van der Waals surface area (Å²) in [6, 6.07) is 3.11. The number of aryl methyl sites for hydroxylation is 1. The molecule has 0 aliphatic heterocycles. The van der Waals surface area contributed by atoms with Crippen LogP contribution in [0.4, 0.5) is 14.6 Å². The Hall–Kier alpha value is -1.65. The van der Waals surface area contributed by atoms with E-state index in [0.29, 0.717) is 16.6 Å². The number of pyridine rings is 1. The van der Waals surface area contributed by atoms with E-state index < -0.39 is 6.55 Å². The molecule has 0 bridgehead atoms. The van der Waals surface area contributed by atoms with Gasteiger partial charge in [0.05, 0.1) is 5.52 Å². The van der Waals surface area contributed by atoms with Crippen LogP contribution in [0.3, 0.4) is 0 Å². The first-order valence-electron chi connectivity index (χ1n) is 5.11. The molecule has 2 heterocycles. The fraction of sp³-hybridized carbons (Fsp3) is 0.364. The maximum absolute atomic E-state index is 12.6. The quantitative estimate of drug-likeness (QED) is 0.811. The van der Waals surface area contributed by atoms with Crippen molar-refractivity contribution < 1.29 is 8.78 Å². The summed E-state index contributed by atoms with van der Waals surface area (Å²) in [4.78, 5) is 3.84. The molecular formula is C11H15F2N3. The molecule has 0 aliphatic rings. The van der Waals surface area contributed by atoms with Gasteiger partial charge in [0.25, 0.3) is 0 Å². The maximum atomic E-state index is 12.6. The molecule has 2 rings (SSSR count). The van der Waals surface area contributed by atoms with E-state index in [-0.39, 0.29) is 5.82 Å². The van der Waals surface area contributed by atoms with Crippen LogP contribution in [-0.4, -0.2) is 9.55 Å². The van der Waals surface area contributed by atoms with Crippen molar-refractivity contribution in [1.29, 1.82) is 0 Å². The van der Waals surface area contributed by atoms with E-state index in [1.54, 1.807) is 13.0 Å². The molecule has 0 fully saturated rings. The maximum Gasteiger partial charge on any atom is 0.319 e. The lowest BCUT2D eigenvalue weighted by atomic mass is 10.3. The summed E-state index contributed by atoms with van der Waals surface area (Å²) < 4.78 is 26.2. The predicted octanol–water partition coefficient (Wildman–Crippen LogP) is 3.35. The zero-order valence-corrected chi connectivity index (χ0v) is 9.54. The molecule has 0 amide bonds. The second-order valence-corrected chi connectivity index (χ2v) is 3.10. The van der Waals surface area contributed by atoms with Crippen LogP contribution >= 0.6 is 0 Å². The summed E-state index contributed by atoms with van der Waals surface area (Å²) in [6.07, 6.45) is 1.50. The molecule has 88 valence electrons. The van der Waals surface area contributed by atoms with Crippen LogP contribution in [0.1, 0.15) is 26.1 Å². The molecule has 0 atom stereocenters. The van der Waals surface area contributed by atoms with E-state index >= 15 is 0 Å². The van der Waals surface area contributed by atoms with Crippen LogP contribution in [0, 0.1) is 6.92 Å². The molecule has 0 spiro atoms. The van der Waals surface area contributed by atoms with Gasteiger partial charge in [0.15, 0.2) is 0 Å². The normalized spacial score (nSPS) is 10.4. The molecular weight excluding hydrogens is 212 g/mol. The highest BCUT2D eigenvalue weighted by atomic mass is 19.3. The summed E-state index contributed by atoms with van der Waals surface area (Å²) in [6.45, 7) is 3.08. The van der Waals surface area contributed by atoms with Crippen LogP contribution in [0.2, 0.25) is 0 Å². The van der Waals surface area contributed by atoms with Crippen molar-refractivity contribution in [2.75, 3.05) is 5.73 Å². The van der Waals surface area contributed by atoms with Crippen LogP contribution < -0.4 is 5.73 Å². The first kappa shape index (κ1) is 12.4. The van der Waals surface area contributed by atoms with Crippen molar-refractivity contribution >= 4 is 16.7 Å². The topological polar surface area (TPSA) is 43.8 Å². The van der Waals surface area contributed by atoms with Crippen molar-refractivity contribution in [3.8, 4) is 0 Å². The van der Waals surface area contributed by atoms with Crippen LogP contribution in [0.25, 0.3) is 10.9 Å². The van der Waals surface area contributed by atoms with Gasteiger partial charge < -0.3 is 5.73 Å². The van der Waals surface area contributed by atoms with Gasteiger partial charge in [-0.2, -0.15) is 8.78 Å². The van der Waals surface area contributed by atoms with Crippen LogP contribution in [0.15, 0.2) is 18.3 Å². The largest absolute Gasteiger partial charge is 0.384 e. The number of rotatable bonds is 1. The Morgan fingerprint density at radius 2 is 1.94 bits per heavy atom. The van der Waals surface area contributed by atoms with Gasteiger partial charge >= 0.3 is 6.55 Å². The summed E-state index contributed by atoms with van der Waals surface area (Å²) in [5.74, 6) is 0.248. The SMILES string of the molecule is CC.Cc1cc2cnc(N)cc2n1C(F)F. The number of aromatic nitrogens is 2. The number of nitrogens with zero attached hydrogens (tertiary/aromatic N) is 2. The van der Waals surface area contributed by atoms with Crippen molar-refractivity contribution in [3.63, 3.8) is 0 Å². The number of fused-ring (bicyclic) bond motifs is 1. The van der Waals surface area contributed by atoms with E-state index in [1.165, 1.54) is 12.3 Å². The van der Waals surface area contributed by atoms with Crippen LogP contribution in [0.5, 0.6) is 0 Å². The van der Waals surface area contributed by atoms with E-state index in [4.69, 9.17) is 5.73 Å². The fourth-order valence-electron chi connectivity index (χ4n) is 1.53.